The molecule has 0 unspecified atom stereocenters. The quantitative estimate of drug-likeness (QED) is 0.554. The molecule has 1 fully saturated rings. The second-order valence-corrected chi connectivity index (χ2v) is 11.0. The lowest BCUT2D eigenvalue weighted by Gasteiger charge is -2.19. The number of rotatable bonds is 7. The number of benzene rings is 2. The first-order chi connectivity index (χ1) is 15.6. The number of nitrogens with two attached hydrogens (primary N) is 1. The molecule has 10 nitrogen and oxygen atoms in total. The van der Waals surface area contributed by atoms with Gasteiger partial charge in [-0.25, -0.2) is 26.8 Å². The van der Waals surface area contributed by atoms with Crippen LogP contribution in [0.2, 0.25) is 0 Å². The molecule has 33 heavy (non-hydrogen) atoms. The van der Waals surface area contributed by atoms with Crippen molar-refractivity contribution in [2.45, 2.75) is 35.5 Å². The van der Waals surface area contributed by atoms with Crippen molar-refractivity contribution >= 4 is 37.6 Å². The summed E-state index contributed by atoms with van der Waals surface area (Å²) in [5.41, 5.74) is 0.404. The Labute approximate surface area is 192 Å². The lowest BCUT2D eigenvalue weighted by Crippen LogP contribution is -2.31. The third-order valence-corrected chi connectivity index (χ3v) is 7.94. The summed E-state index contributed by atoms with van der Waals surface area (Å²) >= 11 is 0. The molecule has 0 atom stereocenters. The number of carbonyl (C=O) groups excluding carboxylic acids is 2. The molecule has 1 saturated heterocycles. The number of hydrogen-bond donors (Lipinski definition) is 2. The number of carbonyl (C=O) groups is 2. The fourth-order valence-corrected chi connectivity index (χ4v) is 5.37. The van der Waals surface area contributed by atoms with Gasteiger partial charge in [0.2, 0.25) is 20.0 Å². The highest BCUT2D eigenvalue weighted by molar-refractivity contribution is 7.89. The summed E-state index contributed by atoms with van der Waals surface area (Å²) < 4.78 is 54.5. The topological polar surface area (TPSA) is 153 Å². The molecule has 2 aromatic rings. The maximum absolute atomic E-state index is 12.8. The summed E-state index contributed by atoms with van der Waals surface area (Å²) in [5, 5.41) is 7.47. The lowest BCUT2D eigenvalue weighted by atomic mass is 10.2. The van der Waals surface area contributed by atoms with Gasteiger partial charge in [-0.05, 0) is 61.4 Å². The molecule has 1 aliphatic heterocycles. The number of esters is 1. The van der Waals surface area contributed by atoms with Crippen LogP contribution >= 0.6 is 0 Å². The second kappa shape index (κ2) is 10.4. The van der Waals surface area contributed by atoms with Gasteiger partial charge in [0, 0.05) is 18.8 Å². The van der Waals surface area contributed by atoms with E-state index in [9.17, 15) is 26.4 Å². The van der Waals surface area contributed by atoms with Crippen LogP contribution in [0.3, 0.4) is 0 Å². The largest absolute Gasteiger partial charge is 0.452 e. The Morgan fingerprint density at radius 3 is 1.94 bits per heavy atom. The van der Waals surface area contributed by atoms with Gasteiger partial charge in [0.05, 0.1) is 15.4 Å². The van der Waals surface area contributed by atoms with Crippen LogP contribution in [-0.2, 0) is 29.6 Å². The summed E-state index contributed by atoms with van der Waals surface area (Å²) in [4.78, 5) is 24.2. The molecule has 0 radical (unpaired) electrons. The lowest BCUT2D eigenvalue weighted by molar-refractivity contribution is -0.119. The van der Waals surface area contributed by atoms with Crippen molar-refractivity contribution in [2.75, 3.05) is 25.0 Å². The van der Waals surface area contributed by atoms with Gasteiger partial charge in [-0.3, -0.25) is 4.79 Å². The van der Waals surface area contributed by atoms with E-state index < -0.39 is 38.5 Å². The van der Waals surface area contributed by atoms with Crippen LogP contribution in [0.15, 0.2) is 58.3 Å². The Bertz CT molecular complexity index is 1200. The summed E-state index contributed by atoms with van der Waals surface area (Å²) in [5.74, 6) is -1.42. The zero-order valence-electron chi connectivity index (χ0n) is 17.8. The predicted molar refractivity (Wildman–Crippen MR) is 120 cm³/mol. The second-order valence-electron chi connectivity index (χ2n) is 7.54. The number of amides is 1. The number of ether oxygens (including phenoxy) is 1. The molecule has 1 amide bonds. The minimum Gasteiger partial charge on any atom is -0.452 e. The van der Waals surface area contributed by atoms with Gasteiger partial charge >= 0.3 is 5.97 Å². The first-order valence-corrected chi connectivity index (χ1v) is 13.3. The van der Waals surface area contributed by atoms with E-state index in [4.69, 9.17) is 9.88 Å². The smallest absolute Gasteiger partial charge is 0.338 e. The molecule has 12 heteroatoms. The molecule has 3 N–H and O–H groups in total. The summed E-state index contributed by atoms with van der Waals surface area (Å²) in [6, 6.07) is 10.6. The van der Waals surface area contributed by atoms with E-state index in [0.29, 0.717) is 18.8 Å². The molecule has 2 aromatic carbocycles. The molecular formula is C21H25N3O7S2. The SMILES string of the molecule is NS(=O)(=O)c1ccc(NC(=O)COC(=O)c2ccc(S(=O)(=O)N3CCCCCC3)cc2)cc1. The monoisotopic (exact) mass is 495 g/mol. The molecule has 0 saturated carbocycles. The Morgan fingerprint density at radius 1 is 0.848 bits per heavy atom. The maximum Gasteiger partial charge on any atom is 0.338 e. The summed E-state index contributed by atoms with van der Waals surface area (Å²) in [7, 11) is -7.47. The Kier molecular flexibility index (Phi) is 7.84. The van der Waals surface area contributed by atoms with Gasteiger partial charge in [-0.2, -0.15) is 4.31 Å². The van der Waals surface area contributed by atoms with Crippen LogP contribution in [0.5, 0.6) is 0 Å². The minimum atomic E-state index is -3.84. The highest BCUT2D eigenvalue weighted by Gasteiger charge is 2.25. The van der Waals surface area contributed by atoms with Crippen molar-refractivity contribution in [3.63, 3.8) is 0 Å². The zero-order valence-corrected chi connectivity index (χ0v) is 19.4. The maximum atomic E-state index is 12.8. The van der Waals surface area contributed by atoms with Crippen LogP contribution < -0.4 is 10.5 Å². The molecule has 0 spiro atoms. The van der Waals surface area contributed by atoms with Crippen molar-refractivity contribution in [3.05, 3.63) is 54.1 Å². The third kappa shape index (κ3) is 6.60. The molecule has 178 valence electrons. The molecule has 0 aromatic heterocycles. The average Bonchev–Trinajstić information content (AvgIpc) is 3.07. The third-order valence-electron chi connectivity index (χ3n) is 5.09. The highest BCUT2D eigenvalue weighted by Crippen LogP contribution is 2.21. The van der Waals surface area contributed by atoms with E-state index in [0.717, 1.165) is 25.7 Å². The summed E-state index contributed by atoms with van der Waals surface area (Å²) in [6.07, 6.45) is 3.65. The molecule has 1 aliphatic rings. The highest BCUT2D eigenvalue weighted by atomic mass is 32.2. The fraction of sp³-hybridized carbons (Fsp3) is 0.333. The Morgan fingerprint density at radius 2 is 1.39 bits per heavy atom. The van der Waals surface area contributed by atoms with Crippen molar-refractivity contribution in [1.29, 1.82) is 0 Å². The van der Waals surface area contributed by atoms with Gasteiger partial charge in [0.1, 0.15) is 0 Å². The van der Waals surface area contributed by atoms with E-state index in [-0.39, 0.29) is 15.4 Å². The van der Waals surface area contributed by atoms with Gasteiger partial charge in [-0.15, -0.1) is 0 Å². The first-order valence-electron chi connectivity index (χ1n) is 10.3. The number of primary sulfonamides is 1. The average molecular weight is 496 g/mol. The van der Waals surface area contributed by atoms with Crippen molar-refractivity contribution < 1.29 is 31.2 Å². The van der Waals surface area contributed by atoms with E-state index in [1.165, 1.54) is 52.8 Å². The van der Waals surface area contributed by atoms with Crippen LogP contribution in [0, 0.1) is 0 Å². The van der Waals surface area contributed by atoms with E-state index in [1.54, 1.807) is 0 Å². The van der Waals surface area contributed by atoms with E-state index >= 15 is 0 Å². The summed E-state index contributed by atoms with van der Waals surface area (Å²) in [6.45, 7) is 0.377. The van der Waals surface area contributed by atoms with Crippen molar-refractivity contribution in [1.82, 2.24) is 4.31 Å². The van der Waals surface area contributed by atoms with Crippen molar-refractivity contribution in [3.8, 4) is 0 Å². The van der Waals surface area contributed by atoms with Crippen LogP contribution in [-0.4, -0.2) is 52.7 Å². The molecule has 0 aliphatic carbocycles. The zero-order chi connectivity index (χ0) is 24.1. The van der Waals surface area contributed by atoms with Gasteiger partial charge in [0.15, 0.2) is 6.61 Å². The van der Waals surface area contributed by atoms with Gasteiger partial charge in [-0.1, -0.05) is 12.8 Å². The van der Waals surface area contributed by atoms with E-state index in [1.807, 2.05) is 0 Å². The van der Waals surface area contributed by atoms with Crippen LogP contribution in [0.4, 0.5) is 5.69 Å². The minimum absolute atomic E-state index is 0.0987. The van der Waals surface area contributed by atoms with Crippen LogP contribution in [0.1, 0.15) is 36.0 Å². The molecule has 1 heterocycles. The molecular weight excluding hydrogens is 470 g/mol. The van der Waals surface area contributed by atoms with Gasteiger partial charge in [0.25, 0.3) is 5.91 Å². The molecule has 0 bridgehead atoms. The van der Waals surface area contributed by atoms with Crippen molar-refractivity contribution in [2.24, 2.45) is 5.14 Å². The normalized spacial score (nSPS) is 15.4. The first kappa shape index (κ1) is 24.8. The standard InChI is InChI=1S/C21H25N3O7S2/c22-32(27,28)18-11-7-17(8-12-18)23-20(25)15-31-21(26)16-5-9-19(10-6-16)33(29,30)24-13-3-1-2-4-14-24/h5-12H,1-4,13-15H2,(H,23,25)(H2,22,27,28). The Balaban J connectivity index is 1.55. The Hall–Kier alpha value is -2.80. The molecule has 3 rings (SSSR count). The number of anilines is 1. The van der Waals surface area contributed by atoms with Gasteiger partial charge < -0.3 is 10.1 Å². The number of sulfonamides is 2. The number of nitrogens with one attached hydrogen (secondary N) is 1. The van der Waals surface area contributed by atoms with E-state index in [2.05, 4.69) is 5.32 Å². The van der Waals surface area contributed by atoms with Crippen LogP contribution in [0.25, 0.3) is 0 Å². The predicted octanol–water partition coefficient (Wildman–Crippen LogP) is 1.69. The number of nitrogens with zero attached hydrogens (tertiary/aromatic N) is 1. The number of hydrogen-bond acceptors (Lipinski definition) is 7. The fourth-order valence-electron chi connectivity index (χ4n) is 3.33.